The molecule has 0 atom stereocenters. The number of carbonyl (C=O) groups excluding carboxylic acids is 2. The van der Waals surface area contributed by atoms with Crippen LogP contribution < -0.4 is 4.74 Å². The molecule has 0 saturated heterocycles. The minimum atomic E-state index is -1.04. The van der Waals surface area contributed by atoms with Gasteiger partial charge in [-0.15, -0.1) is 0 Å². The Bertz CT molecular complexity index is 667. The Hall–Kier alpha value is -2.30. The number of methoxy groups -OCH3 is 1. The zero-order chi connectivity index (χ0) is 16.7. The molecule has 1 aromatic carbocycles. The van der Waals surface area contributed by atoms with Crippen molar-refractivity contribution < 1.29 is 23.9 Å². The van der Waals surface area contributed by atoms with Crippen molar-refractivity contribution in [2.75, 3.05) is 13.7 Å². The number of carbonyl (C=O) groups is 2. The number of hydrogen-bond donors (Lipinski definition) is 0. The largest absolute Gasteiger partial charge is 0.494 e. The van der Waals surface area contributed by atoms with Crippen LogP contribution in [0.4, 0.5) is 0 Å². The highest BCUT2D eigenvalue weighted by Crippen LogP contribution is 2.34. The number of hydrogen-bond acceptors (Lipinski definition) is 7. The first-order chi connectivity index (χ1) is 10.5. The summed E-state index contributed by atoms with van der Waals surface area (Å²) in [5.74, 6) is -2.06. The molecule has 0 aliphatic heterocycles. The van der Waals surface area contributed by atoms with Crippen LogP contribution in [0, 0.1) is 11.3 Å². The van der Waals surface area contributed by atoms with Crippen LogP contribution >= 0.6 is 23.2 Å². The van der Waals surface area contributed by atoms with E-state index in [1.54, 1.807) is 6.92 Å². The Labute approximate surface area is 135 Å². The maximum Gasteiger partial charge on any atom is 0.371 e. The van der Waals surface area contributed by atoms with Crippen molar-refractivity contribution in [3.05, 3.63) is 27.7 Å². The zero-order valence-electron chi connectivity index (χ0n) is 11.6. The average molecular weight is 345 g/mol. The summed E-state index contributed by atoms with van der Waals surface area (Å²) in [5.41, 5.74) is -0.895. The van der Waals surface area contributed by atoms with Gasteiger partial charge < -0.3 is 14.3 Å². The van der Waals surface area contributed by atoms with E-state index in [-0.39, 0.29) is 28.0 Å². The Balaban J connectivity index is 3.07. The number of rotatable bonds is 5. The van der Waals surface area contributed by atoms with Crippen molar-refractivity contribution in [2.45, 2.75) is 6.92 Å². The van der Waals surface area contributed by atoms with Crippen molar-refractivity contribution in [3.63, 3.8) is 0 Å². The molecule has 7 nitrogen and oxygen atoms in total. The smallest absolute Gasteiger partial charge is 0.371 e. The van der Waals surface area contributed by atoms with Crippen molar-refractivity contribution in [1.29, 1.82) is 5.26 Å². The summed E-state index contributed by atoms with van der Waals surface area (Å²) < 4.78 is 9.54. The van der Waals surface area contributed by atoms with Gasteiger partial charge in [-0.05, 0) is 19.1 Å². The fourth-order valence-electron chi connectivity index (χ4n) is 1.36. The molecule has 0 unspecified atom stereocenters. The molecular weight excluding hydrogens is 335 g/mol. The van der Waals surface area contributed by atoms with Gasteiger partial charge in [0.05, 0.1) is 23.8 Å². The molecule has 0 saturated carbocycles. The molecule has 0 heterocycles. The predicted molar refractivity (Wildman–Crippen MR) is 78.1 cm³/mol. The SMILES string of the molecule is CCOC(=O)/C(C#N)=N/OC(=O)c1c(Cl)ccc(Cl)c1OC. The van der Waals surface area contributed by atoms with Crippen molar-refractivity contribution >= 4 is 40.9 Å². The van der Waals surface area contributed by atoms with Gasteiger partial charge in [-0.1, -0.05) is 28.4 Å². The minimum Gasteiger partial charge on any atom is -0.494 e. The topological polar surface area (TPSA) is 98.0 Å². The standard InChI is InChI=1S/C13H10Cl2N2O5/c1-3-21-12(18)9(6-16)17-22-13(19)10-7(14)4-5-8(15)11(10)20-2/h4-5H,3H2,1-2H3/b17-9+. The molecule has 0 aromatic heterocycles. The Morgan fingerprint density at radius 2 is 1.95 bits per heavy atom. The lowest BCUT2D eigenvalue weighted by atomic mass is 10.2. The van der Waals surface area contributed by atoms with Gasteiger partial charge in [0.15, 0.2) is 5.75 Å². The summed E-state index contributed by atoms with van der Waals surface area (Å²) in [4.78, 5) is 27.8. The summed E-state index contributed by atoms with van der Waals surface area (Å²) in [6, 6.07) is 4.25. The summed E-state index contributed by atoms with van der Waals surface area (Å²) >= 11 is 11.8. The molecule has 9 heteroatoms. The number of ether oxygens (including phenoxy) is 2. The van der Waals surface area contributed by atoms with E-state index in [4.69, 9.17) is 33.2 Å². The third kappa shape index (κ3) is 4.10. The molecule has 0 spiro atoms. The predicted octanol–water partition coefficient (Wildman–Crippen LogP) is 2.60. The Kier molecular flexibility index (Phi) is 6.63. The van der Waals surface area contributed by atoms with Crippen molar-refractivity contribution in [2.24, 2.45) is 5.16 Å². The third-order valence-electron chi connectivity index (χ3n) is 2.26. The van der Waals surface area contributed by atoms with Crippen molar-refractivity contribution in [3.8, 4) is 11.8 Å². The van der Waals surface area contributed by atoms with Gasteiger partial charge in [-0.25, -0.2) is 9.59 Å². The molecule has 116 valence electrons. The van der Waals surface area contributed by atoms with E-state index in [2.05, 4.69) is 14.7 Å². The summed E-state index contributed by atoms with van der Waals surface area (Å²) in [6.07, 6.45) is 0. The lowest BCUT2D eigenvalue weighted by Crippen LogP contribution is -2.17. The van der Waals surface area contributed by atoms with Crippen LogP contribution in [0.1, 0.15) is 17.3 Å². The normalized spacial score (nSPS) is 10.6. The molecule has 1 rings (SSSR count). The van der Waals surface area contributed by atoms with Crippen LogP contribution in [-0.2, 0) is 14.4 Å². The molecule has 0 N–H and O–H groups in total. The molecular formula is C13H10Cl2N2O5. The highest BCUT2D eigenvalue weighted by atomic mass is 35.5. The first kappa shape index (κ1) is 17.8. The number of benzene rings is 1. The van der Waals surface area contributed by atoms with Gasteiger partial charge in [-0.2, -0.15) is 5.26 Å². The second kappa shape index (κ2) is 8.22. The third-order valence-corrected chi connectivity index (χ3v) is 2.87. The maximum atomic E-state index is 12.0. The number of halogens is 2. The van der Waals surface area contributed by atoms with E-state index in [0.717, 1.165) is 0 Å². The van der Waals surface area contributed by atoms with Gasteiger partial charge >= 0.3 is 11.9 Å². The monoisotopic (exact) mass is 344 g/mol. The Morgan fingerprint density at radius 3 is 2.50 bits per heavy atom. The lowest BCUT2D eigenvalue weighted by molar-refractivity contribution is -0.135. The summed E-state index contributed by atoms with van der Waals surface area (Å²) in [7, 11) is 1.29. The van der Waals surface area contributed by atoms with Crippen LogP contribution in [0.15, 0.2) is 17.3 Å². The average Bonchev–Trinajstić information content (AvgIpc) is 2.49. The first-order valence-electron chi connectivity index (χ1n) is 5.84. The highest BCUT2D eigenvalue weighted by Gasteiger charge is 2.22. The fraction of sp³-hybridized carbons (Fsp3) is 0.231. The quantitative estimate of drug-likeness (QED) is 0.352. The number of oxime groups is 1. The maximum absolute atomic E-state index is 12.0. The molecule has 0 radical (unpaired) electrons. The van der Waals surface area contributed by atoms with E-state index < -0.39 is 17.7 Å². The second-order valence-electron chi connectivity index (χ2n) is 3.59. The van der Waals surface area contributed by atoms with Gasteiger partial charge in [0, 0.05) is 0 Å². The zero-order valence-corrected chi connectivity index (χ0v) is 13.1. The van der Waals surface area contributed by atoms with Crippen LogP contribution in [0.25, 0.3) is 0 Å². The van der Waals surface area contributed by atoms with Crippen LogP contribution in [0.2, 0.25) is 10.0 Å². The van der Waals surface area contributed by atoms with Crippen LogP contribution in [0.3, 0.4) is 0 Å². The van der Waals surface area contributed by atoms with Crippen molar-refractivity contribution in [1.82, 2.24) is 0 Å². The van der Waals surface area contributed by atoms with Crippen LogP contribution in [0.5, 0.6) is 5.75 Å². The Morgan fingerprint density at radius 1 is 1.32 bits per heavy atom. The van der Waals surface area contributed by atoms with Gasteiger partial charge in [0.25, 0.3) is 5.71 Å². The molecule has 1 aromatic rings. The number of nitrogens with zero attached hydrogens (tertiary/aromatic N) is 2. The fourth-order valence-corrected chi connectivity index (χ4v) is 1.82. The van der Waals surface area contributed by atoms with E-state index >= 15 is 0 Å². The van der Waals surface area contributed by atoms with Gasteiger partial charge in [-0.3, -0.25) is 0 Å². The molecule has 22 heavy (non-hydrogen) atoms. The summed E-state index contributed by atoms with van der Waals surface area (Å²) in [6.45, 7) is 1.59. The molecule has 0 bridgehead atoms. The molecule has 0 amide bonds. The van der Waals surface area contributed by atoms with Gasteiger partial charge in [0.2, 0.25) is 0 Å². The van der Waals surface area contributed by atoms with E-state index in [1.165, 1.54) is 25.3 Å². The van der Waals surface area contributed by atoms with E-state index in [0.29, 0.717) is 0 Å². The second-order valence-corrected chi connectivity index (χ2v) is 4.40. The van der Waals surface area contributed by atoms with Gasteiger partial charge in [0.1, 0.15) is 11.6 Å². The van der Waals surface area contributed by atoms with Crippen LogP contribution in [-0.4, -0.2) is 31.4 Å². The molecule has 0 aliphatic rings. The summed E-state index contributed by atoms with van der Waals surface area (Å²) in [5, 5.41) is 12.1. The molecule has 0 aliphatic carbocycles. The van der Waals surface area contributed by atoms with E-state index in [1.807, 2.05) is 0 Å². The molecule has 0 fully saturated rings. The van der Waals surface area contributed by atoms with E-state index in [9.17, 15) is 9.59 Å². The number of esters is 1. The highest BCUT2D eigenvalue weighted by molar-refractivity contribution is 6.43. The lowest BCUT2D eigenvalue weighted by Gasteiger charge is -2.09. The minimum absolute atomic E-state index is 0.0102. The number of nitriles is 1. The first-order valence-corrected chi connectivity index (χ1v) is 6.60.